The second kappa shape index (κ2) is 7.68. The van der Waals surface area contributed by atoms with E-state index in [0.29, 0.717) is 0 Å². The van der Waals surface area contributed by atoms with E-state index in [1.54, 1.807) is 11.3 Å². The Hall–Kier alpha value is -1.76. The van der Waals surface area contributed by atoms with Gasteiger partial charge in [0.25, 0.3) is 0 Å². The first-order valence-electron chi connectivity index (χ1n) is 7.90. The molecule has 0 radical (unpaired) electrons. The van der Waals surface area contributed by atoms with Crippen LogP contribution in [0.1, 0.15) is 16.8 Å². The van der Waals surface area contributed by atoms with Gasteiger partial charge in [0, 0.05) is 38.1 Å². The smallest absolute Gasteiger partial charge is 0.203 e. The van der Waals surface area contributed by atoms with Gasteiger partial charge >= 0.3 is 0 Å². The third kappa shape index (κ3) is 4.86. The lowest BCUT2D eigenvalue weighted by Gasteiger charge is -2.32. The molecule has 1 aromatic heterocycles. The SMILES string of the molecule is Cc1csc(NN=Cc2cccc(CN3CCN(C)CC3)c2)n1. The van der Waals surface area contributed by atoms with Crippen molar-refractivity contribution in [3.63, 3.8) is 0 Å². The maximum Gasteiger partial charge on any atom is 0.203 e. The van der Waals surface area contributed by atoms with Crippen molar-refractivity contribution < 1.29 is 0 Å². The molecule has 1 N–H and O–H groups in total. The molecule has 1 aromatic carbocycles. The molecule has 1 saturated heterocycles. The Kier molecular flexibility index (Phi) is 5.38. The van der Waals surface area contributed by atoms with Crippen LogP contribution >= 0.6 is 11.3 Å². The van der Waals surface area contributed by atoms with Crippen LogP contribution in [0.2, 0.25) is 0 Å². The molecule has 0 aliphatic carbocycles. The molecule has 5 nitrogen and oxygen atoms in total. The largest absolute Gasteiger partial charge is 0.304 e. The molecule has 0 bridgehead atoms. The Labute approximate surface area is 141 Å². The van der Waals surface area contributed by atoms with Gasteiger partial charge in [-0.3, -0.25) is 10.3 Å². The highest BCUT2D eigenvalue weighted by molar-refractivity contribution is 7.13. The molecule has 6 heteroatoms. The second-order valence-electron chi connectivity index (χ2n) is 5.99. The standard InChI is InChI=1S/C17H23N5S/c1-14-13-23-17(19-14)20-18-11-15-4-3-5-16(10-15)12-22-8-6-21(2)7-9-22/h3-5,10-11,13H,6-9,12H2,1-2H3,(H,19,20). The van der Waals surface area contributed by atoms with Crippen molar-refractivity contribution in [2.45, 2.75) is 13.5 Å². The minimum Gasteiger partial charge on any atom is -0.304 e. The highest BCUT2D eigenvalue weighted by atomic mass is 32.1. The summed E-state index contributed by atoms with van der Waals surface area (Å²) in [5, 5.41) is 7.11. The lowest BCUT2D eigenvalue weighted by molar-refractivity contribution is 0.148. The summed E-state index contributed by atoms with van der Waals surface area (Å²) in [7, 11) is 2.19. The molecule has 0 saturated carbocycles. The maximum atomic E-state index is 4.33. The molecule has 1 aliphatic heterocycles. The first-order valence-corrected chi connectivity index (χ1v) is 8.78. The van der Waals surface area contributed by atoms with Gasteiger partial charge in [-0.1, -0.05) is 18.2 Å². The number of nitrogens with zero attached hydrogens (tertiary/aromatic N) is 4. The van der Waals surface area contributed by atoms with Gasteiger partial charge in [-0.15, -0.1) is 11.3 Å². The van der Waals surface area contributed by atoms with E-state index in [1.165, 1.54) is 5.56 Å². The molecular formula is C17H23N5S. The maximum absolute atomic E-state index is 4.33. The number of likely N-dealkylation sites (N-methyl/N-ethyl adjacent to an activating group) is 1. The van der Waals surface area contributed by atoms with Crippen molar-refractivity contribution in [3.8, 4) is 0 Å². The van der Waals surface area contributed by atoms with Crippen LogP contribution in [0.3, 0.4) is 0 Å². The summed E-state index contributed by atoms with van der Waals surface area (Å²) < 4.78 is 0. The van der Waals surface area contributed by atoms with Crippen LogP contribution in [-0.4, -0.2) is 54.2 Å². The number of thiazole rings is 1. The van der Waals surface area contributed by atoms with E-state index < -0.39 is 0 Å². The number of aromatic nitrogens is 1. The summed E-state index contributed by atoms with van der Waals surface area (Å²) in [6.45, 7) is 7.57. The van der Waals surface area contributed by atoms with Crippen molar-refractivity contribution in [1.29, 1.82) is 0 Å². The molecule has 23 heavy (non-hydrogen) atoms. The summed E-state index contributed by atoms with van der Waals surface area (Å²) in [5.74, 6) is 0. The van der Waals surface area contributed by atoms with Crippen LogP contribution in [0.5, 0.6) is 0 Å². The van der Waals surface area contributed by atoms with Crippen LogP contribution in [-0.2, 0) is 6.54 Å². The summed E-state index contributed by atoms with van der Waals surface area (Å²) in [4.78, 5) is 9.21. The average Bonchev–Trinajstić information content (AvgIpc) is 2.96. The Morgan fingerprint density at radius 2 is 2.13 bits per heavy atom. The first-order chi connectivity index (χ1) is 11.2. The highest BCUT2D eigenvalue weighted by Gasteiger charge is 2.13. The molecule has 1 fully saturated rings. The summed E-state index contributed by atoms with van der Waals surface area (Å²) >= 11 is 1.56. The van der Waals surface area contributed by atoms with Crippen LogP contribution in [0.4, 0.5) is 5.13 Å². The third-order valence-electron chi connectivity index (χ3n) is 3.95. The van der Waals surface area contributed by atoms with Crippen LogP contribution < -0.4 is 5.43 Å². The van der Waals surface area contributed by atoms with Gasteiger partial charge in [0.05, 0.1) is 11.9 Å². The number of hydrogen-bond donors (Lipinski definition) is 1. The second-order valence-corrected chi connectivity index (χ2v) is 6.85. The first kappa shape index (κ1) is 16.1. The van der Waals surface area contributed by atoms with Crippen molar-refractivity contribution in [2.75, 3.05) is 38.7 Å². The van der Waals surface area contributed by atoms with E-state index >= 15 is 0 Å². The molecule has 122 valence electrons. The van der Waals surface area contributed by atoms with E-state index in [9.17, 15) is 0 Å². The Morgan fingerprint density at radius 1 is 1.30 bits per heavy atom. The highest BCUT2D eigenvalue weighted by Crippen LogP contribution is 2.14. The number of benzene rings is 1. The average molecular weight is 329 g/mol. The Balaban J connectivity index is 1.56. The lowest BCUT2D eigenvalue weighted by Crippen LogP contribution is -2.43. The third-order valence-corrected chi connectivity index (χ3v) is 4.81. The molecule has 3 rings (SSSR count). The fraction of sp³-hybridized carbons (Fsp3) is 0.412. The van der Waals surface area contributed by atoms with Crippen molar-refractivity contribution >= 4 is 22.7 Å². The van der Waals surface area contributed by atoms with E-state index in [-0.39, 0.29) is 0 Å². The van der Waals surface area contributed by atoms with Crippen molar-refractivity contribution in [2.24, 2.45) is 5.10 Å². The molecule has 2 aromatic rings. The minimum absolute atomic E-state index is 0.826. The number of hydrogen-bond acceptors (Lipinski definition) is 6. The quantitative estimate of drug-likeness (QED) is 0.676. The van der Waals surface area contributed by atoms with Gasteiger partial charge < -0.3 is 4.90 Å². The fourth-order valence-corrected chi connectivity index (χ4v) is 3.24. The fourth-order valence-electron chi connectivity index (χ4n) is 2.60. The molecular weight excluding hydrogens is 306 g/mol. The predicted molar refractivity (Wildman–Crippen MR) is 97.3 cm³/mol. The molecule has 0 unspecified atom stereocenters. The van der Waals surface area contributed by atoms with E-state index in [4.69, 9.17) is 0 Å². The van der Waals surface area contributed by atoms with Gasteiger partial charge in [-0.25, -0.2) is 4.98 Å². The van der Waals surface area contributed by atoms with Gasteiger partial charge in [-0.05, 0) is 31.2 Å². The normalized spacial score (nSPS) is 17.0. The topological polar surface area (TPSA) is 43.8 Å². The monoisotopic (exact) mass is 329 g/mol. The van der Waals surface area contributed by atoms with E-state index in [0.717, 1.165) is 49.1 Å². The van der Waals surface area contributed by atoms with Gasteiger partial charge in [0.1, 0.15) is 0 Å². The molecule has 0 amide bonds. The van der Waals surface area contributed by atoms with Crippen molar-refractivity contribution in [1.82, 2.24) is 14.8 Å². The number of piperazine rings is 1. The lowest BCUT2D eigenvalue weighted by atomic mass is 10.1. The van der Waals surface area contributed by atoms with Gasteiger partial charge in [0.2, 0.25) is 5.13 Å². The van der Waals surface area contributed by atoms with E-state index in [1.807, 2.05) is 18.5 Å². The number of anilines is 1. The number of hydrazone groups is 1. The zero-order valence-corrected chi connectivity index (χ0v) is 14.5. The zero-order valence-electron chi connectivity index (χ0n) is 13.7. The molecule has 2 heterocycles. The summed E-state index contributed by atoms with van der Waals surface area (Å²) in [5.41, 5.74) is 6.44. The van der Waals surface area contributed by atoms with Crippen LogP contribution in [0.25, 0.3) is 0 Å². The summed E-state index contributed by atoms with van der Waals surface area (Å²) in [6.07, 6.45) is 1.85. The van der Waals surface area contributed by atoms with Gasteiger partial charge in [-0.2, -0.15) is 5.10 Å². The molecule has 0 atom stereocenters. The number of nitrogens with one attached hydrogen (secondary N) is 1. The van der Waals surface area contributed by atoms with Crippen LogP contribution in [0, 0.1) is 6.92 Å². The molecule has 1 aliphatic rings. The Bertz CT molecular complexity index is 659. The summed E-state index contributed by atoms with van der Waals surface area (Å²) in [6, 6.07) is 8.57. The Morgan fingerprint density at radius 3 is 2.87 bits per heavy atom. The predicted octanol–water partition coefficient (Wildman–Crippen LogP) is 2.64. The number of aryl methyl sites for hydroxylation is 1. The molecule has 0 spiro atoms. The number of rotatable bonds is 5. The minimum atomic E-state index is 0.826. The van der Waals surface area contributed by atoms with Crippen molar-refractivity contribution in [3.05, 3.63) is 46.5 Å². The van der Waals surface area contributed by atoms with E-state index in [2.05, 4.69) is 56.6 Å². The van der Waals surface area contributed by atoms with Gasteiger partial charge in [0.15, 0.2) is 0 Å². The van der Waals surface area contributed by atoms with Crippen LogP contribution in [0.15, 0.2) is 34.7 Å². The zero-order chi connectivity index (χ0) is 16.1.